The highest BCUT2D eigenvalue weighted by Crippen LogP contribution is 2.32. The Balaban J connectivity index is 1.63. The van der Waals surface area contributed by atoms with Gasteiger partial charge in [-0.05, 0) is 71.5 Å². The van der Waals surface area contributed by atoms with Crippen molar-refractivity contribution in [2.45, 2.75) is 58.3 Å². The predicted molar refractivity (Wildman–Crippen MR) is 94.2 cm³/mol. The summed E-state index contributed by atoms with van der Waals surface area (Å²) in [5, 5.41) is 0. The van der Waals surface area contributed by atoms with E-state index in [1.807, 2.05) is 0 Å². The van der Waals surface area contributed by atoms with Crippen molar-refractivity contribution in [2.75, 3.05) is 6.61 Å². The fraction of sp³-hybridized carbons (Fsp3) is 0.667. The molecule has 0 unspecified atom stereocenters. The Morgan fingerprint density at radius 2 is 1.65 bits per heavy atom. The van der Waals surface area contributed by atoms with Crippen LogP contribution in [0.15, 0.2) is 24.3 Å². The van der Waals surface area contributed by atoms with Gasteiger partial charge in [0, 0.05) is 3.57 Å². The Bertz CT molecular complexity index is 366. The van der Waals surface area contributed by atoms with E-state index in [0.717, 1.165) is 24.2 Å². The van der Waals surface area contributed by atoms with Crippen LogP contribution in [0.5, 0.6) is 5.75 Å². The van der Waals surface area contributed by atoms with Gasteiger partial charge >= 0.3 is 0 Å². The van der Waals surface area contributed by atoms with Crippen molar-refractivity contribution in [3.8, 4) is 5.75 Å². The molecule has 2 heteroatoms. The van der Waals surface area contributed by atoms with Crippen LogP contribution in [0, 0.1) is 15.4 Å². The van der Waals surface area contributed by atoms with Gasteiger partial charge in [-0.3, -0.25) is 0 Å². The van der Waals surface area contributed by atoms with Crippen molar-refractivity contribution in [3.63, 3.8) is 0 Å². The summed E-state index contributed by atoms with van der Waals surface area (Å²) < 4.78 is 7.20. The zero-order valence-corrected chi connectivity index (χ0v) is 14.8. The third-order valence-electron chi connectivity index (χ3n) is 4.48. The van der Waals surface area contributed by atoms with E-state index < -0.39 is 0 Å². The maximum atomic E-state index is 5.93. The fourth-order valence-electron chi connectivity index (χ4n) is 3.11. The van der Waals surface area contributed by atoms with Gasteiger partial charge in [0.1, 0.15) is 5.75 Å². The first-order chi connectivity index (χ1) is 9.78. The summed E-state index contributed by atoms with van der Waals surface area (Å²) >= 11 is 2.33. The van der Waals surface area contributed by atoms with E-state index in [9.17, 15) is 0 Å². The van der Waals surface area contributed by atoms with Crippen LogP contribution in [0.1, 0.15) is 58.3 Å². The van der Waals surface area contributed by atoms with E-state index >= 15 is 0 Å². The van der Waals surface area contributed by atoms with Gasteiger partial charge in [0.25, 0.3) is 0 Å². The van der Waals surface area contributed by atoms with Crippen LogP contribution in [0.3, 0.4) is 0 Å². The lowest BCUT2D eigenvalue weighted by molar-refractivity contribution is 0.177. The summed E-state index contributed by atoms with van der Waals surface area (Å²) in [6, 6.07) is 8.39. The average molecular weight is 386 g/mol. The van der Waals surface area contributed by atoms with Crippen molar-refractivity contribution in [3.05, 3.63) is 27.8 Å². The van der Waals surface area contributed by atoms with Gasteiger partial charge in [-0.1, -0.05) is 45.4 Å². The van der Waals surface area contributed by atoms with Crippen LogP contribution in [-0.4, -0.2) is 6.61 Å². The molecule has 0 spiro atoms. The lowest BCUT2D eigenvalue weighted by Gasteiger charge is -2.28. The molecular weight excluding hydrogens is 359 g/mol. The highest BCUT2D eigenvalue weighted by molar-refractivity contribution is 14.1. The number of hydrogen-bond acceptors (Lipinski definition) is 1. The minimum absolute atomic E-state index is 0.775. The fourth-order valence-corrected chi connectivity index (χ4v) is 3.47. The molecule has 1 nitrogen and oxygen atoms in total. The highest BCUT2D eigenvalue weighted by Gasteiger charge is 2.21. The lowest BCUT2D eigenvalue weighted by Crippen LogP contribution is -2.20. The summed E-state index contributed by atoms with van der Waals surface area (Å²) in [7, 11) is 0. The Kier molecular flexibility index (Phi) is 7.18. The average Bonchev–Trinajstić information content (AvgIpc) is 2.48. The molecule has 112 valence electrons. The number of benzene rings is 1. The first-order valence-corrected chi connectivity index (χ1v) is 9.24. The van der Waals surface area contributed by atoms with Gasteiger partial charge in [-0.15, -0.1) is 0 Å². The maximum Gasteiger partial charge on any atom is 0.119 e. The molecule has 0 atom stereocenters. The predicted octanol–water partition coefficient (Wildman–Crippen LogP) is 6.06. The molecule has 2 rings (SSSR count). The molecule has 0 amide bonds. The summed E-state index contributed by atoms with van der Waals surface area (Å²) in [5.74, 6) is 2.79. The first-order valence-electron chi connectivity index (χ1n) is 8.16. The van der Waals surface area contributed by atoms with Gasteiger partial charge in [0.05, 0.1) is 6.61 Å². The number of rotatable bonds is 7. The van der Waals surface area contributed by atoms with Crippen molar-refractivity contribution < 1.29 is 4.74 Å². The van der Waals surface area contributed by atoms with Crippen molar-refractivity contribution in [1.29, 1.82) is 0 Å². The SMILES string of the molecule is CCCCCC1CCC(COc2ccc(I)cc2)CC1. The number of ether oxygens (including phenoxy) is 1. The molecule has 1 aliphatic rings. The van der Waals surface area contributed by atoms with Gasteiger partial charge < -0.3 is 4.74 Å². The van der Waals surface area contributed by atoms with Gasteiger partial charge in [-0.2, -0.15) is 0 Å². The highest BCUT2D eigenvalue weighted by atomic mass is 127. The van der Waals surface area contributed by atoms with Crippen molar-refractivity contribution in [2.24, 2.45) is 11.8 Å². The summed E-state index contributed by atoms with van der Waals surface area (Å²) in [5.41, 5.74) is 0. The molecule has 0 N–H and O–H groups in total. The first kappa shape index (κ1) is 16.1. The topological polar surface area (TPSA) is 9.23 Å². The minimum Gasteiger partial charge on any atom is -0.493 e. The van der Waals surface area contributed by atoms with Crippen LogP contribution in [-0.2, 0) is 0 Å². The van der Waals surface area contributed by atoms with E-state index in [4.69, 9.17) is 4.74 Å². The molecule has 1 aromatic rings. The smallest absolute Gasteiger partial charge is 0.119 e. The standard InChI is InChI=1S/C18H27IO/c1-2-3-4-5-15-6-8-16(9-7-15)14-20-18-12-10-17(19)11-13-18/h10-13,15-16H,2-9,14H2,1H3. The van der Waals surface area contributed by atoms with E-state index in [-0.39, 0.29) is 0 Å². The van der Waals surface area contributed by atoms with E-state index in [1.165, 1.54) is 54.9 Å². The normalized spacial score (nSPS) is 22.7. The second kappa shape index (κ2) is 8.91. The molecule has 0 aliphatic heterocycles. The van der Waals surface area contributed by atoms with Gasteiger partial charge in [0.15, 0.2) is 0 Å². The quantitative estimate of drug-likeness (QED) is 0.409. The molecule has 0 heterocycles. The Labute approximate surface area is 137 Å². The molecule has 0 radical (unpaired) electrons. The number of unbranched alkanes of at least 4 members (excludes halogenated alkanes) is 2. The van der Waals surface area contributed by atoms with Crippen LogP contribution in [0.25, 0.3) is 0 Å². The molecule has 20 heavy (non-hydrogen) atoms. The van der Waals surface area contributed by atoms with E-state index in [0.29, 0.717) is 0 Å². The third kappa shape index (κ3) is 5.63. The Hall–Kier alpha value is -0.250. The van der Waals surface area contributed by atoms with E-state index in [1.54, 1.807) is 0 Å². The second-order valence-corrected chi connectivity index (χ2v) is 7.39. The molecule has 1 aliphatic carbocycles. The van der Waals surface area contributed by atoms with Crippen LogP contribution < -0.4 is 4.74 Å². The van der Waals surface area contributed by atoms with Crippen molar-refractivity contribution >= 4 is 22.6 Å². The molecule has 0 aromatic heterocycles. The third-order valence-corrected chi connectivity index (χ3v) is 5.20. The maximum absolute atomic E-state index is 5.93. The van der Waals surface area contributed by atoms with Crippen LogP contribution >= 0.6 is 22.6 Å². The van der Waals surface area contributed by atoms with Crippen LogP contribution in [0.2, 0.25) is 0 Å². The van der Waals surface area contributed by atoms with E-state index in [2.05, 4.69) is 53.8 Å². The van der Waals surface area contributed by atoms with Gasteiger partial charge in [0.2, 0.25) is 0 Å². The largest absolute Gasteiger partial charge is 0.493 e. The summed E-state index contributed by atoms with van der Waals surface area (Å²) in [6.07, 6.45) is 11.2. The molecular formula is C18H27IO. The molecule has 1 fully saturated rings. The monoisotopic (exact) mass is 386 g/mol. The second-order valence-electron chi connectivity index (χ2n) is 6.15. The number of hydrogen-bond donors (Lipinski definition) is 0. The molecule has 1 saturated carbocycles. The zero-order chi connectivity index (χ0) is 14.2. The van der Waals surface area contributed by atoms with Crippen molar-refractivity contribution in [1.82, 2.24) is 0 Å². The zero-order valence-electron chi connectivity index (χ0n) is 12.6. The Morgan fingerprint density at radius 1 is 1.00 bits per heavy atom. The van der Waals surface area contributed by atoms with Gasteiger partial charge in [-0.25, -0.2) is 0 Å². The number of halogens is 1. The summed E-state index contributed by atoms with van der Waals surface area (Å²) in [6.45, 7) is 3.20. The molecule has 0 saturated heterocycles. The minimum atomic E-state index is 0.775. The van der Waals surface area contributed by atoms with Crippen LogP contribution in [0.4, 0.5) is 0 Å². The summed E-state index contributed by atoms with van der Waals surface area (Å²) in [4.78, 5) is 0. The molecule has 0 bridgehead atoms. The Morgan fingerprint density at radius 3 is 2.30 bits per heavy atom. The lowest BCUT2D eigenvalue weighted by atomic mass is 9.80. The molecule has 1 aromatic carbocycles.